The SMILES string of the molecule is CCc1c(N)ccc2sc(CBr)cc12. The zero-order valence-electron chi connectivity index (χ0n) is 8.01. The molecule has 0 radical (unpaired) electrons. The van der Waals surface area contributed by atoms with Gasteiger partial charge in [0.1, 0.15) is 0 Å². The van der Waals surface area contributed by atoms with Gasteiger partial charge < -0.3 is 5.73 Å². The molecule has 2 aromatic rings. The Morgan fingerprint density at radius 1 is 1.43 bits per heavy atom. The van der Waals surface area contributed by atoms with Crippen LogP contribution in [0.2, 0.25) is 0 Å². The molecule has 0 amide bonds. The number of nitrogen functional groups attached to an aromatic ring is 1. The fourth-order valence-corrected chi connectivity index (χ4v) is 3.15. The first-order valence-electron chi connectivity index (χ1n) is 4.62. The Labute approximate surface area is 96.1 Å². The van der Waals surface area contributed by atoms with Crippen molar-refractivity contribution in [1.82, 2.24) is 0 Å². The molecule has 0 aliphatic rings. The van der Waals surface area contributed by atoms with Crippen molar-refractivity contribution in [1.29, 1.82) is 0 Å². The molecule has 0 spiro atoms. The minimum Gasteiger partial charge on any atom is -0.398 e. The lowest BCUT2D eigenvalue weighted by atomic mass is 10.1. The summed E-state index contributed by atoms with van der Waals surface area (Å²) in [6.07, 6.45) is 1.00. The zero-order chi connectivity index (χ0) is 10.1. The van der Waals surface area contributed by atoms with E-state index in [0.717, 1.165) is 17.4 Å². The van der Waals surface area contributed by atoms with Crippen LogP contribution in [-0.2, 0) is 11.8 Å². The van der Waals surface area contributed by atoms with Crippen molar-refractivity contribution in [3.63, 3.8) is 0 Å². The van der Waals surface area contributed by atoms with Gasteiger partial charge in [0.05, 0.1) is 0 Å². The molecule has 0 fully saturated rings. The van der Waals surface area contributed by atoms with Crippen LogP contribution in [0.3, 0.4) is 0 Å². The highest BCUT2D eigenvalue weighted by Gasteiger charge is 2.07. The number of hydrogen-bond acceptors (Lipinski definition) is 2. The van der Waals surface area contributed by atoms with E-state index in [1.807, 2.05) is 17.4 Å². The summed E-state index contributed by atoms with van der Waals surface area (Å²) in [6.45, 7) is 2.15. The topological polar surface area (TPSA) is 26.0 Å². The van der Waals surface area contributed by atoms with Gasteiger partial charge in [-0.3, -0.25) is 0 Å². The summed E-state index contributed by atoms with van der Waals surface area (Å²) < 4.78 is 1.34. The third-order valence-electron chi connectivity index (χ3n) is 2.38. The van der Waals surface area contributed by atoms with Crippen molar-refractivity contribution in [2.45, 2.75) is 18.7 Å². The maximum Gasteiger partial charge on any atom is 0.0377 e. The number of alkyl halides is 1. The third-order valence-corrected chi connectivity index (χ3v) is 4.46. The molecule has 1 aromatic heterocycles. The van der Waals surface area contributed by atoms with E-state index < -0.39 is 0 Å². The van der Waals surface area contributed by atoms with Crippen LogP contribution in [0.25, 0.3) is 10.1 Å². The fourth-order valence-electron chi connectivity index (χ4n) is 1.70. The van der Waals surface area contributed by atoms with Crippen molar-refractivity contribution < 1.29 is 0 Å². The molecule has 2 rings (SSSR count). The Bertz CT molecular complexity index is 462. The van der Waals surface area contributed by atoms with Crippen molar-refractivity contribution in [3.05, 3.63) is 28.6 Å². The van der Waals surface area contributed by atoms with E-state index in [1.54, 1.807) is 0 Å². The number of halogens is 1. The lowest BCUT2D eigenvalue weighted by Crippen LogP contribution is -1.92. The molecule has 0 saturated carbocycles. The monoisotopic (exact) mass is 269 g/mol. The average molecular weight is 270 g/mol. The lowest BCUT2D eigenvalue weighted by Gasteiger charge is -2.03. The Morgan fingerprint density at radius 3 is 2.86 bits per heavy atom. The van der Waals surface area contributed by atoms with E-state index in [2.05, 4.69) is 35.0 Å². The highest BCUT2D eigenvalue weighted by atomic mass is 79.9. The Morgan fingerprint density at radius 2 is 2.21 bits per heavy atom. The summed E-state index contributed by atoms with van der Waals surface area (Å²) in [5, 5.41) is 2.25. The van der Waals surface area contributed by atoms with Crippen LogP contribution in [0.4, 0.5) is 5.69 Å². The largest absolute Gasteiger partial charge is 0.398 e. The first-order valence-corrected chi connectivity index (χ1v) is 6.55. The molecule has 2 N–H and O–H groups in total. The summed E-state index contributed by atoms with van der Waals surface area (Å²) >= 11 is 5.31. The van der Waals surface area contributed by atoms with E-state index in [0.29, 0.717) is 0 Å². The number of fused-ring (bicyclic) bond motifs is 1. The van der Waals surface area contributed by atoms with Gasteiger partial charge in [0, 0.05) is 20.6 Å². The number of rotatable bonds is 2. The van der Waals surface area contributed by atoms with Gasteiger partial charge in [-0.15, -0.1) is 11.3 Å². The molecule has 0 atom stereocenters. The van der Waals surface area contributed by atoms with Gasteiger partial charge in [0.2, 0.25) is 0 Å². The molecule has 3 heteroatoms. The molecule has 1 heterocycles. The molecule has 0 bridgehead atoms. The van der Waals surface area contributed by atoms with Gasteiger partial charge in [0.15, 0.2) is 0 Å². The first kappa shape index (κ1) is 9.99. The molecule has 0 unspecified atom stereocenters. The summed E-state index contributed by atoms with van der Waals surface area (Å²) in [7, 11) is 0. The predicted octanol–water partition coefficient (Wildman–Crippen LogP) is 3.94. The van der Waals surface area contributed by atoms with Crippen molar-refractivity contribution in [2.75, 3.05) is 5.73 Å². The van der Waals surface area contributed by atoms with Crippen LogP contribution in [0, 0.1) is 0 Å². The Kier molecular flexibility index (Phi) is 2.79. The van der Waals surface area contributed by atoms with Crippen LogP contribution in [0.1, 0.15) is 17.4 Å². The number of thiophene rings is 1. The number of benzene rings is 1. The predicted molar refractivity (Wildman–Crippen MR) is 68.2 cm³/mol. The van der Waals surface area contributed by atoms with Gasteiger partial charge >= 0.3 is 0 Å². The van der Waals surface area contributed by atoms with Gasteiger partial charge in [-0.1, -0.05) is 22.9 Å². The average Bonchev–Trinajstić information content (AvgIpc) is 2.60. The summed E-state index contributed by atoms with van der Waals surface area (Å²) in [4.78, 5) is 1.36. The highest BCUT2D eigenvalue weighted by Crippen LogP contribution is 2.32. The Balaban J connectivity index is 2.73. The van der Waals surface area contributed by atoms with E-state index in [9.17, 15) is 0 Å². The minimum absolute atomic E-state index is 0.916. The van der Waals surface area contributed by atoms with Crippen molar-refractivity contribution >= 4 is 43.0 Å². The molecular formula is C11H12BrNS. The van der Waals surface area contributed by atoms with Gasteiger partial charge in [-0.05, 0) is 35.6 Å². The number of aryl methyl sites for hydroxylation is 1. The van der Waals surface area contributed by atoms with Crippen LogP contribution >= 0.6 is 27.3 Å². The van der Waals surface area contributed by atoms with Crippen molar-refractivity contribution in [3.8, 4) is 0 Å². The molecule has 0 aliphatic carbocycles. The van der Waals surface area contributed by atoms with Crippen molar-refractivity contribution in [2.24, 2.45) is 0 Å². The lowest BCUT2D eigenvalue weighted by molar-refractivity contribution is 1.16. The summed E-state index contributed by atoms with van der Waals surface area (Å²) in [6, 6.07) is 6.36. The van der Waals surface area contributed by atoms with E-state index in [-0.39, 0.29) is 0 Å². The second kappa shape index (κ2) is 3.91. The maximum atomic E-state index is 5.94. The van der Waals surface area contributed by atoms with Crippen LogP contribution in [0.15, 0.2) is 18.2 Å². The van der Waals surface area contributed by atoms with Gasteiger partial charge in [-0.25, -0.2) is 0 Å². The molecule has 0 aliphatic heterocycles. The normalized spacial score (nSPS) is 11.0. The third kappa shape index (κ3) is 1.55. The van der Waals surface area contributed by atoms with Crippen LogP contribution in [-0.4, -0.2) is 0 Å². The molecule has 1 aromatic carbocycles. The van der Waals surface area contributed by atoms with Gasteiger partial charge in [-0.2, -0.15) is 0 Å². The highest BCUT2D eigenvalue weighted by molar-refractivity contribution is 9.08. The number of anilines is 1. The second-order valence-electron chi connectivity index (χ2n) is 3.25. The Hall–Kier alpha value is -0.540. The first-order chi connectivity index (χ1) is 6.76. The summed E-state index contributed by atoms with van der Waals surface area (Å²) in [5.41, 5.74) is 8.14. The molecule has 74 valence electrons. The minimum atomic E-state index is 0.916. The van der Waals surface area contributed by atoms with Gasteiger partial charge in [0.25, 0.3) is 0 Å². The molecular weight excluding hydrogens is 258 g/mol. The fraction of sp³-hybridized carbons (Fsp3) is 0.273. The van der Waals surface area contributed by atoms with Crippen LogP contribution in [0.5, 0.6) is 0 Å². The summed E-state index contributed by atoms with van der Waals surface area (Å²) in [5.74, 6) is 0. The van der Waals surface area contributed by atoms with E-state index in [1.165, 1.54) is 20.5 Å². The van der Waals surface area contributed by atoms with Crippen LogP contribution < -0.4 is 5.73 Å². The molecule has 0 saturated heterocycles. The second-order valence-corrected chi connectivity index (χ2v) is 4.97. The zero-order valence-corrected chi connectivity index (χ0v) is 10.4. The standard InChI is InChI=1S/C11H12BrNS/c1-2-8-9-5-7(6-12)14-11(9)4-3-10(8)13/h3-5H,2,6,13H2,1H3. The smallest absolute Gasteiger partial charge is 0.0377 e. The van der Waals surface area contributed by atoms with E-state index >= 15 is 0 Å². The maximum absolute atomic E-state index is 5.94. The number of hydrogen-bond donors (Lipinski definition) is 1. The quantitative estimate of drug-likeness (QED) is 0.649. The molecule has 1 nitrogen and oxygen atoms in total. The molecule has 14 heavy (non-hydrogen) atoms. The number of nitrogens with two attached hydrogens (primary N) is 1. The van der Waals surface area contributed by atoms with E-state index in [4.69, 9.17) is 5.73 Å².